The number of piperidine rings is 1. The molecule has 1 aromatic heterocycles. The van der Waals surface area contributed by atoms with Crippen LogP contribution < -0.4 is 15.1 Å². The molecular formula is C12H21N5. The molecule has 1 fully saturated rings. The van der Waals surface area contributed by atoms with Crippen LogP contribution in [0.5, 0.6) is 0 Å². The lowest BCUT2D eigenvalue weighted by Gasteiger charge is -2.32. The van der Waals surface area contributed by atoms with Gasteiger partial charge in [0, 0.05) is 39.4 Å². The van der Waals surface area contributed by atoms with Crippen LogP contribution in [0, 0.1) is 0 Å². The zero-order valence-electron chi connectivity index (χ0n) is 10.8. The predicted octanol–water partition coefficient (Wildman–Crippen LogP) is 0.731. The second kappa shape index (κ2) is 5.31. The molecule has 0 spiro atoms. The molecule has 17 heavy (non-hydrogen) atoms. The van der Waals surface area contributed by atoms with Crippen molar-refractivity contribution in [1.29, 1.82) is 0 Å². The van der Waals surface area contributed by atoms with Crippen molar-refractivity contribution < 1.29 is 0 Å². The predicted molar refractivity (Wildman–Crippen MR) is 70.7 cm³/mol. The van der Waals surface area contributed by atoms with Crippen LogP contribution in [0.4, 0.5) is 11.8 Å². The Labute approximate surface area is 103 Å². The van der Waals surface area contributed by atoms with Crippen molar-refractivity contribution in [3.63, 3.8) is 0 Å². The average Bonchev–Trinajstić information content (AvgIpc) is 2.39. The second-order valence-electron chi connectivity index (χ2n) is 4.66. The fraction of sp³-hybridized carbons (Fsp3) is 0.667. The number of nitrogens with zero attached hydrogens (tertiary/aromatic N) is 4. The van der Waals surface area contributed by atoms with Gasteiger partial charge in [-0.2, -0.15) is 4.98 Å². The Balaban J connectivity index is 2.05. The molecule has 2 rings (SSSR count). The van der Waals surface area contributed by atoms with E-state index < -0.39 is 0 Å². The number of aromatic nitrogens is 2. The van der Waals surface area contributed by atoms with Crippen molar-refractivity contribution in [2.24, 2.45) is 0 Å². The molecule has 0 aliphatic carbocycles. The highest BCUT2D eigenvalue weighted by atomic mass is 15.3. The van der Waals surface area contributed by atoms with E-state index in [9.17, 15) is 0 Å². The SMILES string of the molecule is CNC1CCN(c2ccnc(N(C)C)n2)CC1. The number of rotatable bonds is 3. The molecule has 2 heterocycles. The van der Waals surface area contributed by atoms with E-state index in [4.69, 9.17) is 0 Å². The molecular weight excluding hydrogens is 214 g/mol. The lowest BCUT2D eigenvalue weighted by Crippen LogP contribution is -2.41. The molecule has 0 amide bonds. The first kappa shape index (κ1) is 12.1. The van der Waals surface area contributed by atoms with Crippen LogP contribution in [0.1, 0.15) is 12.8 Å². The summed E-state index contributed by atoms with van der Waals surface area (Å²) in [6.45, 7) is 2.13. The molecule has 0 radical (unpaired) electrons. The molecule has 5 heteroatoms. The third kappa shape index (κ3) is 2.85. The monoisotopic (exact) mass is 235 g/mol. The summed E-state index contributed by atoms with van der Waals surface area (Å²) in [5.41, 5.74) is 0. The van der Waals surface area contributed by atoms with Gasteiger partial charge in [-0.25, -0.2) is 4.98 Å². The minimum Gasteiger partial charge on any atom is -0.356 e. The molecule has 1 aliphatic heterocycles. The number of hydrogen-bond acceptors (Lipinski definition) is 5. The van der Waals surface area contributed by atoms with E-state index in [1.165, 1.54) is 12.8 Å². The zero-order valence-corrected chi connectivity index (χ0v) is 10.8. The maximum absolute atomic E-state index is 4.57. The van der Waals surface area contributed by atoms with Gasteiger partial charge < -0.3 is 15.1 Å². The van der Waals surface area contributed by atoms with E-state index >= 15 is 0 Å². The Morgan fingerprint density at radius 1 is 1.35 bits per heavy atom. The molecule has 0 saturated carbocycles. The first-order chi connectivity index (χ1) is 8.20. The summed E-state index contributed by atoms with van der Waals surface area (Å²) in [6, 6.07) is 2.65. The molecule has 1 N–H and O–H groups in total. The van der Waals surface area contributed by atoms with Crippen LogP contribution >= 0.6 is 0 Å². The Kier molecular flexibility index (Phi) is 3.78. The Morgan fingerprint density at radius 2 is 2.06 bits per heavy atom. The molecule has 5 nitrogen and oxygen atoms in total. The number of hydrogen-bond donors (Lipinski definition) is 1. The first-order valence-electron chi connectivity index (χ1n) is 6.13. The van der Waals surface area contributed by atoms with Crippen molar-refractivity contribution in [1.82, 2.24) is 15.3 Å². The van der Waals surface area contributed by atoms with Crippen LogP contribution in [0.3, 0.4) is 0 Å². The molecule has 1 aliphatic rings. The topological polar surface area (TPSA) is 44.3 Å². The minimum absolute atomic E-state index is 0.654. The van der Waals surface area contributed by atoms with Gasteiger partial charge in [-0.05, 0) is 26.0 Å². The van der Waals surface area contributed by atoms with E-state index in [0.29, 0.717) is 6.04 Å². The lowest BCUT2D eigenvalue weighted by molar-refractivity contribution is 0.440. The van der Waals surface area contributed by atoms with Gasteiger partial charge in [0.05, 0.1) is 0 Å². The Morgan fingerprint density at radius 3 is 2.65 bits per heavy atom. The summed E-state index contributed by atoms with van der Waals surface area (Å²) in [5, 5.41) is 3.34. The zero-order chi connectivity index (χ0) is 12.3. The van der Waals surface area contributed by atoms with Crippen LogP contribution in [-0.2, 0) is 0 Å². The molecule has 1 saturated heterocycles. The van der Waals surface area contributed by atoms with Gasteiger partial charge in [0.1, 0.15) is 5.82 Å². The highest BCUT2D eigenvalue weighted by Gasteiger charge is 2.19. The smallest absolute Gasteiger partial charge is 0.226 e. The summed E-state index contributed by atoms with van der Waals surface area (Å²) in [4.78, 5) is 13.1. The quantitative estimate of drug-likeness (QED) is 0.837. The van der Waals surface area contributed by atoms with Gasteiger partial charge in [-0.15, -0.1) is 0 Å². The van der Waals surface area contributed by atoms with Crippen LogP contribution in [0.15, 0.2) is 12.3 Å². The maximum Gasteiger partial charge on any atom is 0.226 e. The standard InChI is InChI=1S/C12H21N5/c1-13-10-5-8-17(9-6-10)11-4-7-14-12(15-11)16(2)3/h4,7,10,13H,5-6,8-9H2,1-3H3. The Hall–Kier alpha value is -1.36. The average molecular weight is 235 g/mol. The Bertz CT molecular complexity index is 358. The van der Waals surface area contributed by atoms with Gasteiger partial charge in [-0.1, -0.05) is 0 Å². The van der Waals surface area contributed by atoms with Crippen molar-refractivity contribution in [2.45, 2.75) is 18.9 Å². The summed E-state index contributed by atoms with van der Waals surface area (Å²) < 4.78 is 0. The maximum atomic E-state index is 4.57. The van der Waals surface area contributed by atoms with Crippen molar-refractivity contribution in [3.05, 3.63) is 12.3 Å². The fourth-order valence-electron chi connectivity index (χ4n) is 2.13. The third-order valence-corrected chi connectivity index (χ3v) is 3.26. The summed E-state index contributed by atoms with van der Waals surface area (Å²) in [6.07, 6.45) is 4.19. The normalized spacial score (nSPS) is 17.2. The van der Waals surface area contributed by atoms with Crippen molar-refractivity contribution in [2.75, 3.05) is 44.0 Å². The molecule has 94 valence electrons. The molecule has 0 unspecified atom stereocenters. The molecule has 0 bridgehead atoms. The third-order valence-electron chi connectivity index (χ3n) is 3.26. The second-order valence-corrected chi connectivity index (χ2v) is 4.66. The molecule has 1 aromatic rings. The van der Waals surface area contributed by atoms with Gasteiger partial charge in [0.2, 0.25) is 5.95 Å². The van der Waals surface area contributed by atoms with Crippen LogP contribution in [-0.4, -0.2) is 50.2 Å². The highest BCUT2D eigenvalue weighted by Crippen LogP contribution is 2.18. The summed E-state index contributed by atoms with van der Waals surface area (Å²) in [5.74, 6) is 1.82. The fourth-order valence-corrected chi connectivity index (χ4v) is 2.13. The van der Waals surface area contributed by atoms with Crippen molar-refractivity contribution in [3.8, 4) is 0 Å². The minimum atomic E-state index is 0.654. The number of nitrogens with one attached hydrogen (secondary N) is 1. The largest absolute Gasteiger partial charge is 0.356 e. The van der Waals surface area contributed by atoms with E-state index in [-0.39, 0.29) is 0 Å². The van der Waals surface area contributed by atoms with Crippen LogP contribution in [0.25, 0.3) is 0 Å². The lowest BCUT2D eigenvalue weighted by atomic mass is 10.1. The summed E-state index contributed by atoms with van der Waals surface area (Å²) >= 11 is 0. The number of anilines is 2. The van der Waals surface area contributed by atoms with E-state index in [1.54, 1.807) is 0 Å². The summed E-state index contributed by atoms with van der Waals surface area (Å²) in [7, 11) is 5.97. The van der Waals surface area contributed by atoms with Crippen LogP contribution in [0.2, 0.25) is 0 Å². The van der Waals surface area contributed by atoms with E-state index in [1.807, 2.05) is 38.3 Å². The first-order valence-corrected chi connectivity index (χ1v) is 6.13. The van der Waals surface area contributed by atoms with Gasteiger partial charge in [0.15, 0.2) is 0 Å². The molecule has 0 aromatic carbocycles. The highest BCUT2D eigenvalue weighted by molar-refractivity contribution is 5.43. The van der Waals surface area contributed by atoms with E-state index in [0.717, 1.165) is 24.9 Å². The van der Waals surface area contributed by atoms with Crippen molar-refractivity contribution >= 4 is 11.8 Å². The van der Waals surface area contributed by atoms with Gasteiger partial charge in [-0.3, -0.25) is 0 Å². The van der Waals surface area contributed by atoms with Gasteiger partial charge >= 0.3 is 0 Å². The van der Waals surface area contributed by atoms with E-state index in [2.05, 4.69) is 20.2 Å². The van der Waals surface area contributed by atoms with Gasteiger partial charge in [0.25, 0.3) is 0 Å². The molecule has 0 atom stereocenters.